The Labute approximate surface area is 81.9 Å². The van der Waals surface area contributed by atoms with Crippen molar-refractivity contribution in [1.82, 2.24) is 0 Å². The second-order valence-corrected chi connectivity index (χ2v) is 4.54. The normalized spacial score (nSPS) is 20.5. The van der Waals surface area contributed by atoms with Gasteiger partial charge in [-0.15, -0.1) is 6.58 Å². The second kappa shape index (κ2) is 5.43. The molecule has 0 aliphatic heterocycles. The smallest absolute Gasteiger partial charge is 0.0577 e. The lowest BCUT2D eigenvalue weighted by Crippen LogP contribution is -2.08. The molecular formula is C12H22O. The highest BCUT2D eigenvalue weighted by Gasteiger charge is 2.16. The highest BCUT2D eigenvalue weighted by Crippen LogP contribution is 2.29. The molecule has 13 heavy (non-hydrogen) atoms. The molecule has 1 N–H and O–H groups in total. The monoisotopic (exact) mass is 182 g/mol. The van der Waals surface area contributed by atoms with Crippen LogP contribution in [-0.4, -0.2) is 11.2 Å². The van der Waals surface area contributed by atoms with Crippen molar-refractivity contribution in [3.63, 3.8) is 0 Å². The fraction of sp³-hybridized carbons (Fsp3) is 0.833. The fourth-order valence-corrected chi connectivity index (χ4v) is 2.23. The summed E-state index contributed by atoms with van der Waals surface area (Å²) >= 11 is 0. The molecule has 0 aromatic heterocycles. The summed E-state index contributed by atoms with van der Waals surface area (Å²) in [6, 6.07) is 0. The molecule has 0 spiro atoms. The van der Waals surface area contributed by atoms with E-state index in [1.807, 2.05) is 6.92 Å². The molecule has 0 heterocycles. The minimum atomic E-state index is -0.141. The Balaban J connectivity index is 2.06. The molecule has 1 rings (SSSR count). The van der Waals surface area contributed by atoms with Crippen molar-refractivity contribution in [3.05, 3.63) is 12.2 Å². The lowest BCUT2D eigenvalue weighted by atomic mass is 9.97. The van der Waals surface area contributed by atoms with Crippen molar-refractivity contribution in [2.75, 3.05) is 0 Å². The van der Waals surface area contributed by atoms with E-state index in [2.05, 4.69) is 6.58 Å². The number of hydrogen-bond donors (Lipinski definition) is 1. The van der Waals surface area contributed by atoms with Gasteiger partial charge in [0.05, 0.1) is 6.10 Å². The van der Waals surface area contributed by atoms with Gasteiger partial charge in [0.1, 0.15) is 0 Å². The Morgan fingerprint density at radius 2 is 2.08 bits per heavy atom. The number of hydrogen-bond acceptors (Lipinski definition) is 1. The zero-order valence-electron chi connectivity index (χ0n) is 8.76. The minimum absolute atomic E-state index is 0.141. The van der Waals surface area contributed by atoms with Crippen LogP contribution in [0.4, 0.5) is 0 Å². The molecule has 1 heteroatoms. The van der Waals surface area contributed by atoms with E-state index in [9.17, 15) is 5.11 Å². The van der Waals surface area contributed by atoms with Crippen molar-refractivity contribution in [2.24, 2.45) is 5.92 Å². The maximum Gasteiger partial charge on any atom is 0.0577 e. The van der Waals surface area contributed by atoms with Gasteiger partial charge in [-0.3, -0.25) is 0 Å². The van der Waals surface area contributed by atoms with Crippen molar-refractivity contribution in [2.45, 2.75) is 58.0 Å². The van der Waals surface area contributed by atoms with Crippen LogP contribution in [0.3, 0.4) is 0 Å². The quantitative estimate of drug-likeness (QED) is 0.647. The van der Waals surface area contributed by atoms with Gasteiger partial charge in [-0.25, -0.2) is 0 Å². The first-order chi connectivity index (χ1) is 6.18. The average Bonchev–Trinajstić information content (AvgIpc) is 2.51. The van der Waals surface area contributed by atoms with Gasteiger partial charge in [0, 0.05) is 0 Å². The molecule has 1 aliphatic carbocycles. The summed E-state index contributed by atoms with van der Waals surface area (Å²) in [7, 11) is 0. The van der Waals surface area contributed by atoms with Crippen LogP contribution in [0, 0.1) is 5.92 Å². The third-order valence-electron chi connectivity index (χ3n) is 2.97. The number of aliphatic hydroxyl groups is 1. The predicted molar refractivity (Wildman–Crippen MR) is 56.6 cm³/mol. The van der Waals surface area contributed by atoms with Gasteiger partial charge in [0.25, 0.3) is 0 Å². The Morgan fingerprint density at radius 3 is 2.62 bits per heavy atom. The largest absolute Gasteiger partial charge is 0.393 e. The highest BCUT2D eigenvalue weighted by molar-refractivity contribution is 4.90. The Hall–Kier alpha value is -0.300. The van der Waals surface area contributed by atoms with Crippen molar-refractivity contribution in [1.29, 1.82) is 0 Å². The van der Waals surface area contributed by atoms with Gasteiger partial charge in [-0.1, -0.05) is 31.3 Å². The lowest BCUT2D eigenvalue weighted by Gasteiger charge is -2.13. The summed E-state index contributed by atoms with van der Waals surface area (Å²) in [5, 5.41) is 9.62. The lowest BCUT2D eigenvalue weighted by molar-refractivity contribution is 0.155. The molecule has 0 saturated heterocycles. The van der Waals surface area contributed by atoms with E-state index in [0.717, 1.165) is 24.3 Å². The van der Waals surface area contributed by atoms with Crippen LogP contribution in [0.15, 0.2) is 12.2 Å². The standard InChI is InChI=1S/C12H22O/c1-10(2)9-12(13)8-7-11-5-3-4-6-11/h11-13H,1,3-9H2,2H3. The summed E-state index contributed by atoms with van der Waals surface area (Å²) in [4.78, 5) is 0. The van der Waals surface area contributed by atoms with Crippen LogP contribution in [0.5, 0.6) is 0 Å². The maximum atomic E-state index is 9.62. The number of aliphatic hydroxyl groups excluding tert-OH is 1. The van der Waals surface area contributed by atoms with Crippen LogP contribution in [0.25, 0.3) is 0 Å². The van der Waals surface area contributed by atoms with Crippen LogP contribution in [0.2, 0.25) is 0 Å². The van der Waals surface area contributed by atoms with Crippen molar-refractivity contribution in [3.8, 4) is 0 Å². The Bertz CT molecular complexity index is 157. The summed E-state index contributed by atoms with van der Waals surface area (Å²) < 4.78 is 0. The third-order valence-corrected chi connectivity index (χ3v) is 2.97. The first-order valence-electron chi connectivity index (χ1n) is 5.51. The molecule has 1 atom stereocenters. The van der Waals surface area contributed by atoms with E-state index in [1.54, 1.807) is 0 Å². The van der Waals surface area contributed by atoms with Gasteiger partial charge < -0.3 is 5.11 Å². The zero-order valence-corrected chi connectivity index (χ0v) is 8.76. The van der Waals surface area contributed by atoms with E-state index >= 15 is 0 Å². The van der Waals surface area contributed by atoms with Gasteiger partial charge in [-0.05, 0) is 32.1 Å². The zero-order chi connectivity index (χ0) is 9.68. The molecule has 1 nitrogen and oxygen atoms in total. The van der Waals surface area contributed by atoms with Gasteiger partial charge in [-0.2, -0.15) is 0 Å². The molecule has 0 amide bonds. The van der Waals surface area contributed by atoms with Gasteiger partial charge >= 0.3 is 0 Å². The molecule has 1 saturated carbocycles. The van der Waals surface area contributed by atoms with E-state index in [4.69, 9.17) is 0 Å². The van der Waals surface area contributed by atoms with Crippen LogP contribution in [-0.2, 0) is 0 Å². The van der Waals surface area contributed by atoms with E-state index in [-0.39, 0.29) is 6.10 Å². The van der Waals surface area contributed by atoms with Crippen LogP contribution >= 0.6 is 0 Å². The SMILES string of the molecule is C=C(C)CC(O)CCC1CCCC1. The molecule has 1 fully saturated rings. The molecule has 76 valence electrons. The van der Waals surface area contributed by atoms with Crippen LogP contribution in [0.1, 0.15) is 51.9 Å². The topological polar surface area (TPSA) is 20.2 Å². The molecule has 0 aromatic carbocycles. The Morgan fingerprint density at radius 1 is 1.46 bits per heavy atom. The first kappa shape index (κ1) is 10.8. The van der Waals surface area contributed by atoms with Gasteiger partial charge in [0.2, 0.25) is 0 Å². The highest BCUT2D eigenvalue weighted by atomic mass is 16.3. The third kappa shape index (κ3) is 4.47. The summed E-state index contributed by atoms with van der Waals surface area (Å²) in [6.07, 6.45) is 8.42. The van der Waals surface area contributed by atoms with E-state index in [1.165, 1.54) is 32.1 Å². The average molecular weight is 182 g/mol. The fourth-order valence-electron chi connectivity index (χ4n) is 2.23. The molecule has 0 aromatic rings. The van der Waals surface area contributed by atoms with Crippen molar-refractivity contribution >= 4 is 0 Å². The van der Waals surface area contributed by atoms with Gasteiger partial charge in [0.15, 0.2) is 0 Å². The molecule has 1 aliphatic rings. The molecule has 1 unspecified atom stereocenters. The summed E-state index contributed by atoms with van der Waals surface area (Å²) in [5.41, 5.74) is 1.10. The molecule has 0 bridgehead atoms. The Kier molecular flexibility index (Phi) is 4.51. The van der Waals surface area contributed by atoms with Crippen LogP contribution < -0.4 is 0 Å². The summed E-state index contributed by atoms with van der Waals surface area (Å²) in [5.74, 6) is 0.903. The molecule has 0 radical (unpaired) electrons. The second-order valence-electron chi connectivity index (χ2n) is 4.54. The maximum absolute atomic E-state index is 9.62. The number of rotatable bonds is 5. The predicted octanol–water partition coefficient (Wildman–Crippen LogP) is 3.28. The minimum Gasteiger partial charge on any atom is -0.393 e. The first-order valence-corrected chi connectivity index (χ1v) is 5.51. The van der Waals surface area contributed by atoms with E-state index in [0.29, 0.717) is 0 Å². The molecular weight excluding hydrogens is 160 g/mol. The summed E-state index contributed by atoms with van der Waals surface area (Å²) in [6.45, 7) is 5.80. The van der Waals surface area contributed by atoms with Crippen molar-refractivity contribution < 1.29 is 5.11 Å². The van der Waals surface area contributed by atoms with E-state index < -0.39 is 0 Å².